The zero-order chi connectivity index (χ0) is 21.9. The number of hydrogen-bond acceptors (Lipinski definition) is 4. The topological polar surface area (TPSA) is 86.8 Å². The predicted octanol–water partition coefficient (Wildman–Crippen LogP) is 3.40. The Labute approximate surface area is 177 Å². The fraction of sp³-hybridized carbons (Fsp3) is 0.364. The summed E-state index contributed by atoms with van der Waals surface area (Å²) in [7, 11) is -3.67. The minimum Gasteiger partial charge on any atom is -0.320 e. The average Bonchev–Trinajstić information content (AvgIpc) is 3.15. The summed E-state index contributed by atoms with van der Waals surface area (Å²) in [5, 5.41) is 2.86. The zero-order valence-corrected chi connectivity index (χ0v) is 18.3. The van der Waals surface area contributed by atoms with E-state index in [1.54, 1.807) is 49.9 Å². The Balaban J connectivity index is 1.93. The van der Waals surface area contributed by atoms with Gasteiger partial charge in [-0.2, -0.15) is 4.31 Å². The summed E-state index contributed by atoms with van der Waals surface area (Å²) in [4.78, 5) is 27.0. The van der Waals surface area contributed by atoms with Gasteiger partial charge in [0.2, 0.25) is 15.9 Å². The minimum atomic E-state index is -3.67. The molecule has 0 aliphatic carbocycles. The Hall–Kier alpha value is -2.71. The highest BCUT2D eigenvalue weighted by atomic mass is 32.2. The number of nitrogens with one attached hydrogen (secondary N) is 1. The van der Waals surface area contributed by atoms with Gasteiger partial charge in [-0.15, -0.1) is 0 Å². The second-order valence-corrected chi connectivity index (χ2v) is 9.12. The van der Waals surface area contributed by atoms with Crippen LogP contribution in [0.15, 0.2) is 47.4 Å². The molecule has 1 saturated heterocycles. The third kappa shape index (κ3) is 4.24. The van der Waals surface area contributed by atoms with Crippen molar-refractivity contribution in [3.05, 3.63) is 53.6 Å². The van der Waals surface area contributed by atoms with Crippen molar-refractivity contribution in [2.75, 3.05) is 29.9 Å². The van der Waals surface area contributed by atoms with Gasteiger partial charge in [-0.1, -0.05) is 32.0 Å². The van der Waals surface area contributed by atoms with Gasteiger partial charge in [0, 0.05) is 31.6 Å². The first-order valence-corrected chi connectivity index (χ1v) is 11.5. The van der Waals surface area contributed by atoms with Crippen molar-refractivity contribution in [1.82, 2.24) is 4.31 Å². The first-order valence-electron chi connectivity index (χ1n) is 10.1. The predicted molar refractivity (Wildman–Crippen MR) is 117 cm³/mol. The van der Waals surface area contributed by atoms with Crippen molar-refractivity contribution in [1.29, 1.82) is 0 Å². The number of para-hydroxylation sites is 2. The first-order chi connectivity index (χ1) is 14.3. The third-order valence-electron chi connectivity index (χ3n) is 5.31. The number of sulfonamides is 1. The van der Waals surface area contributed by atoms with Crippen LogP contribution in [-0.2, 0) is 14.8 Å². The van der Waals surface area contributed by atoms with E-state index in [4.69, 9.17) is 0 Å². The molecule has 1 heterocycles. The van der Waals surface area contributed by atoms with E-state index < -0.39 is 15.9 Å². The standard InChI is InChI=1S/C22H27N3O4S/c1-4-24(5-2)30(28,29)17-13-12-16(3)18(15-17)22(27)23-19-9-6-7-10-20(19)25-14-8-11-21(25)26/h6-7,9-10,12-13,15H,4-5,8,11,14H2,1-3H3,(H,23,27). The molecule has 0 atom stereocenters. The molecule has 8 heteroatoms. The molecule has 0 saturated carbocycles. The van der Waals surface area contributed by atoms with Crippen LogP contribution in [0.5, 0.6) is 0 Å². The Morgan fingerprint density at radius 1 is 1.13 bits per heavy atom. The van der Waals surface area contributed by atoms with Crippen LogP contribution >= 0.6 is 0 Å². The van der Waals surface area contributed by atoms with E-state index >= 15 is 0 Å². The van der Waals surface area contributed by atoms with E-state index in [9.17, 15) is 18.0 Å². The van der Waals surface area contributed by atoms with Crippen molar-refractivity contribution in [2.24, 2.45) is 0 Å². The maximum absolute atomic E-state index is 13.0. The van der Waals surface area contributed by atoms with Crippen molar-refractivity contribution >= 4 is 33.2 Å². The Morgan fingerprint density at radius 3 is 2.47 bits per heavy atom. The molecule has 1 aliphatic heterocycles. The molecule has 1 fully saturated rings. The van der Waals surface area contributed by atoms with Crippen LogP contribution in [0.4, 0.5) is 11.4 Å². The van der Waals surface area contributed by atoms with Gasteiger partial charge >= 0.3 is 0 Å². The molecule has 0 radical (unpaired) electrons. The monoisotopic (exact) mass is 429 g/mol. The fourth-order valence-corrected chi connectivity index (χ4v) is 5.11. The lowest BCUT2D eigenvalue weighted by atomic mass is 10.1. The fourth-order valence-electron chi connectivity index (χ4n) is 3.63. The van der Waals surface area contributed by atoms with Gasteiger partial charge < -0.3 is 10.2 Å². The molecular weight excluding hydrogens is 402 g/mol. The molecule has 30 heavy (non-hydrogen) atoms. The molecule has 0 aromatic heterocycles. The molecule has 1 aliphatic rings. The highest BCUT2D eigenvalue weighted by Crippen LogP contribution is 2.30. The Morgan fingerprint density at radius 2 is 1.83 bits per heavy atom. The minimum absolute atomic E-state index is 0.0280. The normalized spacial score (nSPS) is 14.4. The number of nitrogens with zero attached hydrogens (tertiary/aromatic N) is 2. The molecule has 0 bridgehead atoms. The van der Waals surface area contributed by atoms with Crippen molar-refractivity contribution in [3.8, 4) is 0 Å². The van der Waals surface area contributed by atoms with Crippen LogP contribution in [0.1, 0.15) is 42.6 Å². The number of rotatable bonds is 7. The van der Waals surface area contributed by atoms with E-state index in [-0.39, 0.29) is 16.4 Å². The van der Waals surface area contributed by atoms with Crippen LogP contribution < -0.4 is 10.2 Å². The van der Waals surface area contributed by atoms with E-state index in [0.717, 1.165) is 6.42 Å². The Kier molecular flexibility index (Phi) is 6.58. The zero-order valence-electron chi connectivity index (χ0n) is 17.5. The van der Waals surface area contributed by atoms with Gasteiger partial charge in [0.25, 0.3) is 5.91 Å². The van der Waals surface area contributed by atoms with Crippen molar-refractivity contribution < 1.29 is 18.0 Å². The quantitative estimate of drug-likeness (QED) is 0.731. The van der Waals surface area contributed by atoms with E-state index in [1.165, 1.54) is 16.4 Å². The number of hydrogen-bond donors (Lipinski definition) is 1. The number of carbonyl (C=O) groups excluding carboxylic acids is 2. The van der Waals surface area contributed by atoms with Gasteiger partial charge in [0.1, 0.15) is 0 Å². The van der Waals surface area contributed by atoms with Crippen molar-refractivity contribution in [2.45, 2.75) is 38.5 Å². The van der Waals surface area contributed by atoms with Crippen LogP contribution in [0.25, 0.3) is 0 Å². The summed E-state index contributed by atoms with van der Waals surface area (Å²) >= 11 is 0. The highest BCUT2D eigenvalue weighted by Gasteiger charge is 2.26. The summed E-state index contributed by atoms with van der Waals surface area (Å²) in [6.45, 7) is 6.64. The van der Waals surface area contributed by atoms with Crippen LogP contribution in [0.3, 0.4) is 0 Å². The summed E-state index contributed by atoms with van der Waals surface area (Å²) < 4.78 is 27.1. The van der Waals surface area contributed by atoms with Gasteiger partial charge in [0.05, 0.1) is 16.3 Å². The van der Waals surface area contributed by atoms with E-state index in [2.05, 4.69) is 5.32 Å². The smallest absolute Gasteiger partial charge is 0.256 e. The second kappa shape index (κ2) is 8.97. The van der Waals surface area contributed by atoms with Crippen molar-refractivity contribution in [3.63, 3.8) is 0 Å². The molecule has 1 N–H and O–H groups in total. The molecule has 160 valence electrons. The van der Waals surface area contributed by atoms with E-state index in [1.807, 2.05) is 6.07 Å². The molecule has 0 unspecified atom stereocenters. The highest BCUT2D eigenvalue weighted by molar-refractivity contribution is 7.89. The van der Waals surface area contributed by atoms with Gasteiger partial charge in [-0.3, -0.25) is 9.59 Å². The largest absolute Gasteiger partial charge is 0.320 e. The van der Waals surface area contributed by atoms with Gasteiger partial charge in [0.15, 0.2) is 0 Å². The lowest BCUT2D eigenvalue weighted by molar-refractivity contribution is -0.117. The average molecular weight is 430 g/mol. The lowest BCUT2D eigenvalue weighted by Crippen LogP contribution is -2.31. The first kappa shape index (κ1) is 22.0. The number of aryl methyl sites for hydroxylation is 1. The van der Waals surface area contributed by atoms with Crippen LogP contribution in [0, 0.1) is 6.92 Å². The molecular formula is C22H27N3O4S. The molecule has 2 aromatic rings. The molecule has 2 aromatic carbocycles. The summed E-state index contributed by atoms with van der Waals surface area (Å²) in [6.07, 6.45) is 1.28. The number of benzene rings is 2. The van der Waals surface area contributed by atoms with Gasteiger partial charge in [-0.25, -0.2) is 8.42 Å². The number of anilines is 2. The van der Waals surface area contributed by atoms with Crippen LogP contribution in [0.2, 0.25) is 0 Å². The number of amides is 2. The Bertz CT molecular complexity index is 1060. The maximum Gasteiger partial charge on any atom is 0.256 e. The van der Waals surface area contributed by atoms with Gasteiger partial charge in [-0.05, 0) is 43.2 Å². The second-order valence-electron chi connectivity index (χ2n) is 7.19. The van der Waals surface area contributed by atoms with Crippen LogP contribution in [-0.4, -0.2) is 44.2 Å². The lowest BCUT2D eigenvalue weighted by Gasteiger charge is -2.21. The maximum atomic E-state index is 13.0. The molecule has 7 nitrogen and oxygen atoms in total. The molecule has 2 amide bonds. The molecule has 3 rings (SSSR count). The summed E-state index contributed by atoms with van der Waals surface area (Å²) in [6, 6.07) is 11.7. The SMILES string of the molecule is CCN(CC)S(=O)(=O)c1ccc(C)c(C(=O)Nc2ccccc2N2CCCC2=O)c1. The summed E-state index contributed by atoms with van der Waals surface area (Å²) in [5.41, 5.74) is 2.12. The molecule has 0 spiro atoms. The number of carbonyl (C=O) groups is 2. The van der Waals surface area contributed by atoms with E-state index in [0.29, 0.717) is 43.0 Å². The summed E-state index contributed by atoms with van der Waals surface area (Å²) in [5.74, 6) is -0.386. The third-order valence-corrected chi connectivity index (χ3v) is 7.36.